The highest BCUT2D eigenvalue weighted by atomic mass is 19.1. The number of piperidine rings is 1. The van der Waals surface area contributed by atoms with Crippen molar-refractivity contribution in [3.05, 3.63) is 78.9 Å². The zero-order valence-electron chi connectivity index (χ0n) is 21.0. The van der Waals surface area contributed by atoms with E-state index in [9.17, 15) is 13.6 Å². The number of nitrogens with zero attached hydrogens (tertiary/aromatic N) is 5. The third-order valence-electron chi connectivity index (χ3n) is 7.84. The number of halogens is 2. The molecule has 6 rings (SSSR count). The third kappa shape index (κ3) is 4.69. The molecular formula is C29H28F2N6O. The molecule has 194 valence electrons. The lowest BCUT2D eigenvalue weighted by molar-refractivity contribution is -0.141. The van der Waals surface area contributed by atoms with Crippen molar-refractivity contribution in [2.75, 3.05) is 32.7 Å². The van der Waals surface area contributed by atoms with Crippen LogP contribution in [-0.2, 0) is 11.2 Å². The molecule has 0 saturated carbocycles. The van der Waals surface area contributed by atoms with Crippen LogP contribution in [0.5, 0.6) is 0 Å². The van der Waals surface area contributed by atoms with Crippen molar-refractivity contribution in [1.82, 2.24) is 29.7 Å². The molecule has 2 aliphatic rings. The first-order valence-corrected chi connectivity index (χ1v) is 12.8. The molecule has 2 saturated heterocycles. The van der Waals surface area contributed by atoms with Gasteiger partial charge in [0.15, 0.2) is 0 Å². The van der Waals surface area contributed by atoms with Crippen molar-refractivity contribution >= 4 is 16.9 Å². The smallest absolute Gasteiger partial charge is 0.245 e. The molecule has 1 aromatic carbocycles. The number of fused-ring (bicyclic) bond motifs is 1. The number of likely N-dealkylation sites (tertiary alicyclic amines) is 2. The number of amides is 1. The predicted octanol–water partition coefficient (Wildman–Crippen LogP) is 4.62. The average molecular weight is 515 g/mol. The number of hydrogen-bond acceptors (Lipinski definition) is 5. The molecule has 0 radical (unpaired) electrons. The van der Waals surface area contributed by atoms with E-state index in [0.717, 1.165) is 75.0 Å². The van der Waals surface area contributed by atoms with E-state index in [1.165, 1.54) is 24.5 Å². The molecule has 1 spiro atoms. The predicted molar refractivity (Wildman–Crippen MR) is 141 cm³/mol. The van der Waals surface area contributed by atoms with Crippen LogP contribution in [0.3, 0.4) is 0 Å². The molecule has 5 heterocycles. The summed E-state index contributed by atoms with van der Waals surface area (Å²) in [4.78, 5) is 32.6. The molecule has 2 fully saturated rings. The van der Waals surface area contributed by atoms with Crippen LogP contribution in [-0.4, -0.2) is 68.4 Å². The summed E-state index contributed by atoms with van der Waals surface area (Å²) < 4.78 is 27.6. The van der Waals surface area contributed by atoms with E-state index < -0.39 is 11.6 Å². The van der Waals surface area contributed by atoms with Gasteiger partial charge in [-0.15, -0.1) is 0 Å². The van der Waals surface area contributed by atoms with Gasteiger partial charge in [-0.05, 0) is 62.3 Å². The van der Waals surface area contributed by atoms with Gasteiger partial charge in [0, 0.05) is 71.6 Å². The Morgan fingerprint density at radius 2 is 1.79 bits per heavy atom. The number of carbonyl (C=O) groups is 1. The van der Waals surface area contributed by atoms with Crippen LogP contribution in [0.2, 0.25) is 0 Å². The van der Waals surface area contributed by atoms with Gasteiger partial charge in [0.05, 0.1) is 5.69 Å². The minimum Gasteiger partial charge on any atom is -0.339 e. The minimum absolute atomic E-state index is 0.0374. The van der Waals surface area contributed by atoms with Crippen molar-refractivity contribution in [3.8, 4) is 22.5 Å². The molecule has 0 bridgehead atoms. The molecule has 0 atom stereocenters. The number of H-pyrrole nitrogens is 1. The molecule has 4 aromatic rings. The summed E-state index contributed by atoms with van der Waals surface area (Å²) in [5, 5.41) is 0.683. The van der Waals surface area contributed by atoms with E-state index in [-0.39, 0.29) is 5.91 Å². The molecule has 1 N–H and O–H groups in total. The quantitative estimate of drug-likeness (QED) is 0.380. The Bertz CT molecular complexity index is 1480. The van der Waals surface area contributed by atoms with Gasteiger partial charge in [-0.3, -0.25) is 9.78 Å². The maximum absolute atomic E-state index is 13.8. The summed E-state index contributed by atoms with van der Waals surface area (Å²) in [5.41, 5.74) is 4.43. The number of hydrogen-bond donors (Lipinski definition) is 1. The normalized spacial score (nSPS) is 17.1. The number of nitrogens with one attached hydrogen (secondary N) is 1. The molecule has 0 aliphatic carbocycles. The first kappa shape index (κ1) is 24.4. The summed E-state index contributed by atoms with van der Waals surface area (Å²) in [6.45, 7) is 8.33. The van der Waals surface area contributed by atoms with Crippen LogP contribution < -0.4 is 0 Å². The van der Waals surface area contributed by atoms with Gasteiger partial charge in [-0.2, -0.15) is 0 Å². The van der Waals surface area contributed by atoms with Crippen molar-refractivity contribution in [3.63, 3.8) is 0 Å². The highest BCUT2D eigenvalue weighted by Gasteiger charge is 2.45. The maximum atomic E-state index is 13.8. The van der Waals surface area contributed by atoms with E-state index >= 15 is 0 Å². The van der Waals surface area contributed by atoms with E-state index in [1.54, 1.807) is 0 Å². The Morgan fingerprint density at radius 1 is 1.03 bits per heavy atom. The highest BCUT2D eigenvalue weighted by molar-refractivity contribution is 5.94. The lowest BCUT2D eigenvalue weighted by Gasteiger charge is -2.53. The van der Waals surface area contributed by atoms with Gasteiger partial charge in [0.2, 0.25) is 5.91 Å². The second-order valence-corrected chi connectivity index (χ2v) is 10.4. The molecule has 9 heteroatoms. The van der Waals surface area contributed by atoms with Crippen molar-refractivity contribution < 1.29 is 13.6 Å². The van der Waals surface area contributed by atoms with Gasteiger partial charge >= 0.3 is 0 Å². The molecule has 0 unspecified atom stereocenters. The van der Waals surface area contributed by atoms with E-state index in [2.05, 4.69) is 31.4 Å². The molecule has 38 heavy (non-hydrogen) atoms. The first-order chi connectivity index (χ1) is 18.4. The fraction of sp³-hybridized carbons (Fsp3) is 0.310. The first-order valence-electron chi connectivity index (χ1n) is 12.8. The molecule has 3 aromatic heterocycles. The molecular weight excluding hydrogens is 486 g/mol. The van der Waals surface area contributed by atoms with Crippen LogP contribution in [0.1, 0.15) is 18.5 Å². The van der Waals surface area contributed by atoms with Crippen LogP contribution in [0.4, 0.5) is 8.78 Å². The highest BCUT2D eigenvalue weighted by Crippen LogP contribution is 2.40. The van der Waals surface area contributed by atoms with Gasteiger partial charge in [0.1, 0.15) is 23.6 Å². The number of aromatic amines is 1. The van der Waals surface area contributed by atoms with Gasteiger partial charge < -0.3 is 14.8 Å². The van der Waals surface area contributed by atoms with Crippen LogP contribution in [0.25, 0.3) is 33.5 Å². The summed E-state index contributed by atoms with van der Waals surface area (Å²) in [6.07, 6.45) is 7.72. The number of carbonyl (C=O) groups excluding carboxylic acids is 1. The Balaban J connectivity index is 1.09. The fourth-order valence-corrected chi connectivity index (χ4v) is 5.64. The lowest BCUT2D eigenvalue weighted by Crippen LogP contribution is -2.61. The van der Waals surface area contributed by atoms with Gasteiger partial charge in [-0.25, -0.2) is 18.7 Å². The van der Waals surface area contributed by atoms with Gasteiger partial charge in [-0.1, -0.05) is 6.58 Å². The molecule has 7 nitrogen and oxygen atoms in total. The summed E-state index contributed by atoms with van der Waals surface area (Å²) in [5.74, 6) is -1.27. The Morgan fingerprint density at radius 3 is 2.47 bits per heavy atom. The lowest BCUT2D eigenvalue weighted by atomic mass is 9.72. The zero-order chi connectivity index (χ0) is 26.3. The standard InChI is InChI=1S/C29H28F2N6O/c1-2-26(38)37-16-29(17-37)6-9-36(10-7-29)8-5-23-4-3-19(15-32-23)25-14-24-27(33-18-34-28(24)35-25)20-11-21(30)13-22(31)12-20/h2-4,11-15,18H,1,5-10,16-17H2,(H,33,34,35). The van der Waals surface area contributed by atoms with Crippen LogP contribution in [0.15, 0.2) is 61.6 Å². The summed E-state index contributed by atoms with van der Waals surface area (Å²) >= 11 is 0. The summed E-state index contributed by atoms with van der Waals surface area (Å²) in [7, 11) is 0. The second kappa shape index (κ2) is 9.72. The van der Waals surface area contributed by atoms with E-state index in [4.69, 9.17) is 0 Å². The number of benzene rings is 1. The van der Waals surface area contributed by atoms with Crippen molar-refractivity contribution in [1.29, 1.82) is 0 Å². The monoisotopic (exact) mass is 514 g/mol. The van der Waals surface area contributed by atoms with E-state index in [0.29, 0.717) is 27.7 Å². The maximum Gasteiger partial charge on any atom is 0.245 e. The Hall–Kier alpha value is -3.98. The zero-order valence-corrected chi connectivity index (χ0v) is 21.0. The van der Waals surface area contributed by atoms with Crippen molar-refractivity contribution in [2.45, 2.75) is 19.3 Å². The topological polar surface area (TPSA) is 78.0 Å². The Kier molecular flexibility index (Phi) is 6.23. The summed E-state index contributed by atoms with van der Waals surface area (Å²) in [6, 6.07) is 9.31. The molecule has 2 aliphatic heterocycles. The van der Waals surface area contributed by atoms with Crippen molar-refractivity contribution in [2.24, 2.45) is 5.41 Å². The fourth-order valence-electron chi connectivity index (χ4n) is 5.64. The SMILES string of the molecule is C=CC(=O)N1CC2(CCN(CCc3ccc(-c4cc5c(-c6cc(F)cc(F)c6)ncnc5[nH]4)cn3)CC2)C1. The van der Waals surface area contributed by atoms with Gasteiger partial charge in [0.25, 0.3) is 0 Å². The number of aromatic nitrogens is 4. The minimum atomic E-state index is -0.652. The average Bonchev–Trinajstić information content (AvgIpc) is 3.35. The van der Waals surface area contributed by atoms with Crippen LogP contribution >= 0.6 is 0 Å². The Labute approximate surface area is 219 Å². The largest absolute Gasteiger partial charge is 0.339 e. The molecule has 1 amide bonds. The third-order valence-corrected chi connectivity index (χ3v) is 7.84. The number of rotatable bonds is 6. The second-order valence-electron chi connectivity index (χ2n) is 10.4. The number of pyridine rings is 1. The van der Waals surface area contributed by atoms with Crippen LogP contribution in [0, 0.1) is 17.0 Å². The van der Waals surface area contributed by atoms with E-state index in [1.807, 2.05) is 29.3 Å².